The Balaban J connectivity index is 1.57. The Morgan fingerprint density at radius 1 is 0.762 bits per heavy atom. The summed E-state index contributed by atoms with van der Waals surface area (Å²) < 4.78 is 32.6. The van der Waals surface area contributed by atoms with E-state index in [9.17, 15) is 0 Å². The van der Waals surface area contributed by atoms with Crippen molar-refractivity contribution in [3.05, 3.63) is 113 Å². The molecule has 0 unspecified atom stereocenters. The van der Waals surface area contributed by atoms with E-state index in [1.54, 1.807) is 6.07 Å². The summed E-state index contributed by atoms with van der Waals surface area (Å²) in [6, 6.07) is 31.1. The lowest BCUT2D eigenvalue weighted by atomic mass is 9.88. The van der Waals surface area contributed by atoms with Gasteiger partial charge in [-0.2, -0.15) is 0 Å². The van der Waals surface area contributed by atoms with Crippen molar-refractivity contribution in [2.45, 2.75) is 53.3 Å². The van der Waals surface area contributed by atoms with E-state index in [0.717, 1.165) is 44.4 Å². The fourth-order valence-corrected chi connectivity index (χ4v) is 6.21. The molecule has 208 valence electrons. The van der Waals surface area contributed by atoms with Crippen LogP contribution in [0.15, 0.2) is 95.4 Å². The molecule has 0 spiro atoms. The molecule has 0 fully saturated rings. The summed E-state index contributed by atoms with van der Waals surface area (Å²) in [4.78, 5) is 9.69. The molecule has 4 nitrogen and oxygen atoms in total. The van der Waals surface area contributed by atoms with Gasteiger partial charge in [0.2, 0.25) is 5.71 Å². The summed E-state index contributed by atoms with van der Waals surface area (Å²) in [5.74, 6) is 1.25. The van der Waals surface area contributed by atoms with Crippen LogP contribution in [0.25, 0.3) is 61.3 Å². The maximum Gasteiger partial charge on any atom is 0.227 e. The number of rotatable bonds is 5. The van der Waals surface area contributed by atoms with Crippen LogP contribution in [0.4, 0.5) is 0 Å². The molecule has 7 aromatic rings. The number of furan rings is 1. The van der Waals surface area contributed by atoms with Gasteiger partial charge in [0.1, 0.15) is 11.4 Å². The van der Waals surface area contributed by atoms with Gasteiger partial charge >= 0.3 is 0 Å². The lowest BCUT2D eigenvalue weighted by Gasteiger charge is -2.24. The molecule has 0 N–H and O–H groups in total. The number of hydrogen-bond donors (Lipinski definition) is 0. The molecule has 0 radical (unpaired) electrons. The van der Waals surface area contributed by atoms with Crippen molar-refractivity contribution in [2.75, 3.05) is 0 Å². The average molecular weight is 553 g/mol. The molecule has 7 rings (SSSR count). The van der Waals surface area contributed by atoms with Crippen LogP contribution in [0.3, 0.4) is 0 Å². The number of benzene rings is 4. The number of para-hydroxylation sites is 3. The molecule has 4 aromatic carbocycles. The van der Waals surface area contributed by atoms with Crippen LogP contribution in [-0.4, -0.2) is 14.5 Å². The largest absolute Gasteiger partial charge is 0.437 e. The molecule has 0 aliphatic carbocycles. The third-order valence-electron chi connectivity index (χ3n) is 8.21. The molecule has 0 saturated carbocycles. The van der Waals surface area contributed by atoms with Gasteiger partial charge in [-0.05, 0) is 89.8 Å². The molecule has 3 heterocycles. The molecule has 0 aliphatic rings. The normalized spacial score (nSPS) is 13.4. The Hall–Kier alpha value is -4.70. The molecular weight excluding hydrogens is 514 g/mol. The highest BCUT2D eigenvalue weighted by atomic mass is 16.3. The first-order valence-electron chi connectivity index (χ1n) is 16.1. The monoisotopic (exact) mass is 552 g/mol. The molecule has 3 aromatic heterocycles. The Bertz CT molecular complexity index is 2190. The second-order valence-electron chi connectivity index (χ2n) is 11.7. The van der Waals surface area contributed by atoms with E-state index in [1.165, 1.54) is 22.3 Å². The van der Waals surface area contributed by atoms with Gasteiger partial charge in [0.15, 0.2) is 0 Å². The Morgan fingerprint density at radius 2 is 1.48 bits per heavy atom. The van der Waals surface area contributed by atoms with Crippen LogP contribution in [0.1, 0.15) is 66.0 Å². The second-order valence-corrected chi connectivity index (χ2v) is 11.7. The van der Waals surface area contributed by atoms with Crippen LogP contribution in [-0.2, 0) is 0 Å². The van der Waals surface area contributed by atoms with Gasteiger partial charge < -0.3 is 4.42 Å². The van der Waals surface area contributed by atoms with Crippen molar-refractivity contribution in [3.63, 3.8) is 0 Å². The van der Waals surface area contributed by atoms with E-state index < -0.39 is 6.85 Å². The van der Waals surface area contributed by atoms with Gasteiger partial charge in [-0.15, -0.1) is 0 Å². The van der Waals surface area contributed by atoms with E-state index in [4.69, 9.17) is 13.5 Å². The molecule has 0 saturated heterocycles. The first-order valence-corrected chi connectivity index (χ1v) is 14.6. The van der Waals surface area contributed by atoms with Gasteiger partial charge in [-0.3, -0.25) is 4.57 Å². The molecule has 42 heavy (non-hydrogen) atoms. The average Bonchev–Trinajstić information content (AvgIpc) is 3.59. The highest BCUT2D eigenvalue weighted by Gasteiger charge is 2.25. The SMILES string of the molecule is [2H]C([2H])([2H])c1cc(C)c2c(n1)oc1c(-c3nc4ccccc4n3-c3c(C(C)C)cc(-c4ccccc4)cc3C(C)C)cccc12. The number of aryl methyl sites for hydroxylation is 2. The summed E-state index contributed by atoms with van der Waals surface area (Å²) in [5, 5.41) is 1.70. The zero-order valence-electron chi connectivity index (χ0n) is 27.6. The Labute approximate surface area is 250 Å². The third-order valence-corrected chi connectivity index (χ3v) is 8.21. The van der Waals surface area contributed by atoms with Crippen molar-refractivity contribution >= 4 is 33.1 Å². The predicted molar refractivity (Wildman–Crippen MR) is 175 cm³/mol. The van der Waals surface area contributed by atoms with Crippen molar-refractivity contribution in [1.29, 1.82) is 0 Å². The number of nitrogens with zero attached hydrogens (tertiary/aromatic N) is 3. The Morgan fingerprint density at radius 3 is 2.19 bits per heavy atom. The van der Waals surface area contributed by atoms with E-state index in [1.807, 2.05) is 43.3 Å². The highest BCUT2D eigenvalue weighted by molar-refractivity contribution is 6.10. The number of fused-ring (bicyclic) bond motifs is 4. The summed E-state index contributed by atoms with van der Waals surface area (Å²) in [5.41, 5.74) is 10.5. The number of imidazole rings is 1. The van der Waals surface area contributed by atoms with Crippen molar-refractivity contribution in [1.82, 2.24) is 14.5 Å². The van der Waals surface area contributed by atoms with Crippen LogP contribution >= 0.6 is 0 Å². The minimum absolute atomic E-state index is 0.0296. The van der Waals surface area contributed by atoms with Gasteiger partial charge in [0.25, 0.3) is 0 Å². The van der Waals surface area contributed by atoms with Crippen molar-refractivity contribution < 1.29 is 8.53 Å². The molecular formula is C38H35N3O. The molecule has 0 bridgehead atoms. The van der Waals surface area contributed by atoms with E-state index in [-0.39, 0.29) is 17.5 Å². The molecule has 0 aliphatic heterocycles. The maximum atomic E-state index is 7.94. The first-order chi connectivity index (χ1) is 21.5. The van der Waals surface area contributed by atoms with Crippen molar-refractivity contribution in [3.8, 4) is 28.2 Å². The Kier molecular flexibility index (Phi) is 5.45. The summed E-state index contributed by atoms with van der Waals surface area (Å²) >= 11 is 0. The van der Waals surface area contributed by atoms with E-state index in [2.05, 4.69) is 85.8 Å². The highest BCUT2D eigenvalue weighted by Crippen LogP contribution is 2.42. The minimum Gasteiger partial charge on any atom is -0.437 e. The van der Waals surface area contributed by atoms with Gasteiger partial charge in [-0.1, -0.05) is 82.3 Å². The van der Waals surface area contributed by atoms with E-state index in [0.29, 0.717) is 11.3 Å². The van der Waals surface area contributed by atoms with Crippen LogP contribution in [0.2, 0.25) is 0 Å². The topological polar surface area (TPSA) is 43.9 Å². The van der Waals surface area contributed by atoms with Crippen LogP contribution in [0.5, 0.6) is 0 Å². The fraction of sp³-hybridized carbons (Fsp3) is 0.211. The van der Waals surface area contributed by atoms with Gasteiger partial charge in [-0.25, -0.2) is 9.97 Å². The van der Waals surface area contributed by atoms with E-state index >= 15 is 0 Å². The quantitative estimate of drug-likeness (QED) is 0.213. The number of pyridine rings is 1. The third kappa shape index (κ3) is 4.13. The van der Waals surface area contributed by atoms with Crippen molar-refractivity contribution in [2.24, 2.45) is 0 Å². The smallest absolute Gasteiger partial charge is 0.227 e. The van der Waals surface area contributed by atoms with Gasteiger partial charge in [0, 0.05) is 15.2 Å². The van der Waals surface area contributed by atoms with Crippen LogP contribution in [0, 0.1) is 13.8 Å². The molecule has 0 amide bonds. The lowest BCUT2D eigenvalue weighted by Crippen LogP contribution is -2.09. The lowest BCUT2D eigenvalue weighted by molar-refractivity contribution is 0.653. The zero-order chi connectivity index (χ0) is 31.6. The summed E-state index contributed by atoms with van der Waals surface area (Å²) in [6.45, 7) is 8.55. The summed E-state index contributed by atoms with van der Waals surface area (Å²) in [7, 11) is 0. The predicted octanol–water partition coefficient (Wildman–Crippen LogP) is 10.5. The maximum absolute atomic E-state index is 7.94. The molecule has 0 atom stereocenters. The minimum atomic E-state index is -2.33. The number of hydrogen-bond acceptors (Lipinski definition) is 3. The van der Waals surface area contributed by atoms with Crippen LogP contribution < -0.4 is 0 Å². The molecule has 4 heteroatoms. The zero-order valence-corrected chi connectivity index (χ0v) is 24.6. The van der Waals surface area contributed by atoms with Gasteiger partial charge in [0.05, 0.1) is 27.7 Å². The fourth-order valence-electron chi connectivity index (χ4n) is 6.21. The standard InChI is InChI=1S/C38H35N3O/c1-22(2)30-20-27(26-13-8-7-9-14-26)21-31(23(3)4)35(30)41-33-18-11-10-17-32(33)40-37(41)29-16-12-15-28-34-24(5)19-25(6)39-38(34)42-36(28)29/h7-23H,1-6H3/i6D3. The summed E-state index contributed by atoms with van der Waals surface area (Å²) in [6.07, 6.45) is 0. The first kappa shape index (κ1) is 22.9. The second kappa shape index (κ2) is 9.99. The number of aromatic nitrogens is 3.